The first-order chi connectivity index (χ1) is 7.95. The number of carbonyl (C=O) groups excluding carboxylic acids is 1. The summed E-state index contributed by atoms with van der Waals surface area (Å²) in [7, 11) is 0. The third kappa shape index (κ3) is 4.38. The van der Waals surface area contributed by atoms with Crippen molar-refractivity contribution in [1.29, 1.82) is 0 Å². The van der Waals surface area contributed by atoms with Gasteiger partial charge in [0.25, 0.3) is 0 Å². The molecule has 0 bridgehead atoms. The van der Waals surface area contributed by atoms with Gasteiger partial charge in [-0.25, -0.2) is 0 Å². The Morgan fingerprint density at radius 2 is 1.82 bits per heavy atom. The van der Waals surface area contributed by atoms with Crippen LogP contribution in [-0.2, 0) is 4.79 Å². The molecule has 1 unspecified atom stereocenters. The van der Waals surface area contributed by atoms with Crippen molar-refractivity contribution in [2.75, 3.05) is 6.61 Å². The SMILES string of the molecule is CCC(C)C(=O)COc1c(Br)cc(Br)cc1Br. The number of ketones is 1. The van der Waals surface area contributed by atoms with Crippen LogP contribution < -0.4 is 4.74 Å². The van der Waals surface area contributed by atoms with Crippen molar-refractivity contribution in [3.63, 3.8) is 0 Å². The predicted octanol–water partition coefficient (Wildman–Crippen LogP) is 4.97. The van der Waals surface area contributed by atoms with E-state index < -0.39 is 0 Å². The van der Waals surface area contributed by atoms with E-state index in [1.807, 2.05) is 26.0 Å². The molecule has 1 aromatic carbocycles. The van der Waals surface area contributed by atoms with Crippen LogP contribution in [0.5, 0.6) is 5.75 Å². The maximum atomic E-state index is 11.7. The summed E-state index contributed by atoms with van der Waals surface area (Å²) in [6.07, 6.45) is 0.838. The van der Waals surface area contributed by atoms with Gasteiger partial charge in [-0.1, -0.05) is 29.8 Å². The van der Waals surface area contributed by atoms with Gasteiger partial charge in [0.1, 0.15) is 12.4 Å². The van der Waals surface area contributed by atoms with Crippen molar-refractivity contribution in [1.82, 2.24) is 0 Å². The van der Waals surface area contributed by atoms with Gasteiger partial charge in [-0.2, -0.15) is 0 Å². The van der Waals surface area contributed by atoms with E-state index in [1.165, 1.54) is 0 Å². The van der Waals surface area contributed by atoms with Crippen molar-refractivity contribution in [3.05, 3.63) is 25.6 Å². The molecule has 0 saturated carbocycles. The number of hydrogen-bond acceptors (Lipinski definition) is 2. The third-order valence-electron chi connectivity index (χ3n) is 2.48. The minimum atomic E-state index is 0.0444. The van der Waals surface area contributed by atoms with Gasteiger partial charge in [0.15, 0.2) is 5.78 Å². The maximum Gasteiger partial charge on any atom is 0.172 e. The summed E-state index contributed by atoms with van der Waals surface area (Å²) in [6, 6.07) is 3.77. The van der Waals surface area contributed by atoms with Crippen LogP contribution in [-0.4, -0.2) is 12.4 Å². The molecule has 0 aliphatic heterocycles. The van der Waals surface area contributed by atoms with E-state index in [-0.39, 0.29) is 18.3 Å². The van der Waals surface area contributed by atoms with Crippen molar-refractivity contribution in [3.8, 4) is 5.75 Å². The maximum absolute atomic E-state index is 11.7. The number of hydrogen-bond donors (Lipinski definition) is 0. The molecule has 0 saturated heterocycles. The van der Waals surface area contributed by atoms with Crippen LogP contribution in [0.4, 0.5) is 0 Å². The Balaban J connectivity index is 2.73. The normalized spacial score (nSPS) is 12.3. The van der Waals surface area contributed by atoms with Gasteiger partial charge in [0.05, 0.1) is 8.95 Å². The van der Waals surface area contributed by atoms with Crippen LogP contribution in [0.15, 0.2) is 25.6 Å². The lowest BCUT2D eigenvalue weighted by Gasteiger charge is -2.12. The van der Waals surface area contributed by atoms with Crippen LogP contribution in [0, 0.1) is 5.92 Å². The highest BCUT2D eigenvalue weighted by Gasteiger charge is 2.14. The lowest BCUT2D eigenvalue weighted by atomic mass is 10.1. The average molecular weight is 429 g/mol. The van der Waals surface area contributed by atoms with Gasteiger partial charge >= 0.3 is 0 Å². The highest BCUT2D eigenvalue weighted by atomic mass is 79.9. The molecule has 0 fully saturated rings. The standard InChI is InChI=1S/C12H13Br3O2/c1-3-7(2)11(16)6-17-12-9(14)4-8(13)5-10(12)15/h4-5,7H,3,6H2,1-2H3. The summed E-state index contributed by atoms with van der Waals surface area (Å²) >= 11 is 10.2. The minimum Gasteiger partial charge on any atom is -0.483 e. The van der Waals surface area contributed by atoms with Gasteiger partial charge in [-0.05, 0) is 50.4 Å². The lowest BCUT2D eigenvalue weighted by molar-refractivity contribution is -0.124. The second-order valence-corrected chi connectivity index (χ2v) is 6.39. The van der Waals surface area contributed by atoms with Gasteiger partial charge < -0.3 is 4.74 Å². The second-order valence-electron chi connectivity index (χ2n) is 3.76. The van der Waals surface area contributed by atoms with Crippen LogP contribution in [0.1, 0.15) is 20.3 Å². The molecule has 0 radical (unpaired) electrons. The number of Topliss-reactive ketones (excluding diaryl/α,β-unsaturated/α-hetero) is 1. The van der Waals surface area contributed by atoms with Crippen molar-refractivity contribution in [2.24, 2.45) is 5.92 Å². The molecule has 17 heavy (non-hydrogen) atoms. The van der Waals surface area contributed by atoms with Crippen LogP contribution >= 0.6 is 47.8 Å². The van der Waals surface area contributed by atoms with Gasteiger partial charge in [-0.3, -0.25) is 4.79 Å². The number of halogens is 3. The molecular formula is C12H13Br3O2. The Bertz CT molecular complexity index is 395. The molecule has 0 amide bonds. The zero-order valence-electron chi connectivity index (χ0n) is 9.60. The zero-order chi connectivity index (χ0) is 13.0. The quantitative estimate of drug-likeness (QED) is 0.662. The summed E-state index contributed by atoms with van der Waals surface area (Å²) < 4.78 is 8.12. The highest BCUT2D eigenvalue weighted by molar-refractivity contribution is 9.11. The van der Waals surface area contributed by atoms with Crippen molar-refractivity contribution in [2.45, 2.75) is 20.3 Å². The summed E-state index contributed by atoms with van der Waals surface area (Å²) in [5, 5.41) is 0. The lowest BCUT2D eigenvalue weighted by Crippen LogP contribution is -2.18. The number of ether oxygens (including phenoxy) is 1. The van der Waals surface area contributed by atoms with Gasteiger partial charge in [0, 0.05) is 10.4 Å². The molecule has 0 aliphatic rings. The van der Waals surface area contributed by atoms with E-state index in [0.717, 1.165) is 19.8 Å². The molecule has 94 valence electrons. The third-order valence-corrected chi connectivity index (χ3v) is 4.12. The molecule has 0 aromatic heterocycles. The molecule has 0 spiro atoms. The Labute approximate surface area is 126 Å². The van der Waals surface area contributed by atoms with Crippen LogP contribution in [0.2, 0.25) is 0 Å². The molecule has 5 heteroatoms. The second kappa shape index (κ2) is 6.90. The van der Waals surface area contributed by atoms with E-state index in [9.17, 15) is 4.79 Å². The monoisotopic (exact) mass is 426 g/mol. The Kier molecular flexibility index (Phi) is 6.17. The smallest absolute Gasteiger partial charge is 0.172 e. The number of rotatable bonds is 5. The summed E-state index contributed by atoms with van der Waals surface area (Å²) in [6.45, 7) is 4.01. The van der Waals surface area contributed by atoms with E-state index in [1.54, 1.807) is 0 Å². The first-order valence-electron chi connectivity index (χ1n) is 5.25. The largest absolute Gasteiger partial charge is 0.483 e. The van der Waals surface area contributed by atoms with E-state index in [2.05, 4.69) is 47.8 Å². The zero-order valence-corrected chi connectivity index (χ0v) is 14.4. The van der Waals surface area contributed by atoms with Crippen molar-refractivity contribution >= 4 is 53.6 Å². The fraction of sp³-hybridized carbons (Fsp3) is 0.417. The van der Waals surface area contributed by atoms with E-state index >= 15 is 0 Å². The Morgan fingerprint density at radius 3 is 2.29 bits per heavy atom. The molecule has 0 aliphatic carbocycles. The van der Waals surface area contributed by atoms with E-state index in [0.29, 0.717) is 5.75 Å². The van der Waals surface area contributed by atoms with Crippen molar-refractivity contribution < 1.29 is 9.53 Å². The van der Waals surface area contributed by atoms with Crippen LogP contribution in [0.3, 0.4) is 0 Å². The first-order valence-corrected chi connectivity index (χ1v) is 7.63. The highest BCUT2D eigenvalue weighted by Crippen LogP contribution is 2.36. The molecular weight excluding hydrogens is 416 g/mol. The van der Waals surface area contributed by atoms with Gasteiger partial charge in [-0.15, -0.1) is 0 Å². The molecule has 0 N–H and O–H groups in total. The topological polar surface area (TPSA) is 26.3 Å². The molecule has 1 aromatic rings. The van der Waals surface area contributed by atoms with Crippen LogP contribution in [0.25, 0.3) is 0 Å². The summed E-state index contributed by atoms with van der Waals surface area (Å²) in [4.78, 5) is 11.7. The predicted molar refractivity (Wildman–Crippen MR) is 79.5 cm³/mol. The first kappa shape index (κ1) is 15.2. The molecule has 2 nitrogen and oxygen atoms in total. The summed E-state index contributed by atoms with van der Waals surface area (Å²) in [5.41, 5.74) is 0. The molecule has 1 atom stereocenters. The fourth-order valence-electron chi connectivity index (χ4n) is 1.18. The molecule has 1 rings (SSSR count). The summed E-state index contributed by atoms with van der Waals surface area (Å²) in [5.74, 6) is 0.821. The van der Waals surface area contributed by atoms with Gasteiger partial charge in [0.2, 0.25) is 0 Å². The Hall–Kier alpha value is 0.130. The number of carbonyl (C=O) groups is 1. The Morgan fingerprint density at radius 1 is 1.29 bits per heavy atom. The minimum absolute atomic E-state index is 0.0444. The average Bonchev–Trinajstić information content (AvgIpc) is 2.26. The number of benzene rings is 1. The van der Waals surface area contributed by atoms with E-state index in [4.69, 9.17) is 4.74 Å². The molecule has 0 heterocycles. The fourth-order valence-corrected chi connectivity index (χ4v) is 3.67.